The first-order chi connectivity index (χ1) is 12.6. The quantitative estimate of drug-likeness (QED) is 0.380. The van der Waals surface area contributed by atoms with Crippen molar-refractivity contribution in [3.63, 3.8) is 0 Å². The van der Waals surface area contributed by atoms with Crippen molar-refractivity contribution in [2.75, 3.05) is 0 Å². The number of carbonyl (C=O) groups is 1. The molecule has 0 aliphatic carbocycles. The second kappa shape index (κ2) is 8.19. The monoisotopic (exact) mass is 370 g/mol. The van der Waals surface area contributed by atoms with Crippen LogP contribution in [0.25, 0.3) is 0 Å². The van der Waals surface area contributed by atoms with Crippen LogP contribution in [0.4, 0.5) is 0 Å². The Morgan fingerprint density at radius 2 is 1.96 bits per heavy atom. The van der Waals surface area contributed by atoms with Gasteiger partial charge in [0.2, 0.25) is 0 Å². The lowest BCUT2D eigenvalue weighted by Crippen LogP contribution is -2.46. The van der Waals surface area contributed by atoms with Gasteiger partial charge in [0.05, 0.1) is 0 Å². The molecule has 0 amide bonds. The van der Waals surface area contributed by atoms with Gasteiger partial charge in [0.1, 0.15) is 22.6 Å². The molecule has 2 unspecified atom stereocenters. The Hall–Kier alpha value is -2.91. The number of allylic oxidation sites excluding steroid dienone is 2. The fourth-order valence-corrected chi connectivity index (χ4v) is 2.26. The van der Waals surface area contributed by atoms with Gasteiger partial charge in [0.15, 0.2) is 0 Å². The molecule has 1 aliphatic heterocycles. The number of esters is 1. The van der Waals surface area contributed by atoms with Gasteiger partial charge in [0, 0.05) is 19.2 Å². The van der Waals surface area contributed by atoms with Crippen LogP contribution < -0.4 is 15.3 Å². The van der Waals surface area contributed by atoms with Crippen molar-refractivity contribution >= 4 is 5.97 Å². The number of nitrogens with zero attached hydrogens (tertiary/aromatic N) is 1. The Balaban J connectivity index is 2.20. The summed E-state index contributed by atoms with van der Waals surface area (Å²) in [6.45, 7) is 9.03. The number of hydrogen-bond acceptors (Lipinski definition) is 6. The zero-order valence-electron chi connectivity index (χ0n) is 16.4. The molecule has 2 N–H and O–H groups in total. The Bertz CT molecular complexity index is 798. The van der Waals surface area contributed by atoms with Crippen molar-refractivity contribution in [2.24, 2.45) is 5.84 Å². The van der Waals surface area contributed by atoms with Crippen molar-refractivity contribution in [2.45, 2.75) is 52.0 Å². The summed E-state index contributed by atoms with van der Waals surface area (Å²) in [5.41, 5.74) is -1.07. The summed E-state index contributed by atoms with van der Waals surface area (Å²) >= 11 is 0. The minimum atomic E-state index is -1.07. The molecule has 2 rings (SSSR count). The van der Waals surface area contributed by atoms with Crippen LogP contribution in [-0.2, 0) is 9.53 Å². The summed E-state index contributed by atoms with van der Waals surface area (Å²) in [5, 5.41) is 1.47. The molecule has 0 spiro atoms. The van der Waals surface area contributed by atoms with Crippen LogP contribution in [0, 0.1) is 11.8 Å². The zero-order chi connectivity index (χ0) is 20.1. The average molecular weight is 370 g/mol. The predicted molar refractivity (Wildman–Crippen MR) is 103 cm³/mol. The van der Waals surface area contributed by atoms with E-state index in [0.29, 0.717) is 11.5 Å². The maximum absolute atomic E-state index is 11.4. The van der Waals surface area contributed by atoms with Gasteiger partial charge in [-0.15, -0.1) is 0 Å². The van der Waals surface area contributed by atoms with E-state index in [1.165, 1.54) is 11.9 Å². The number of rotatable bonds is 4. The summed E-state index contributed by atoms with van der Waals surface area (Å²) in [4.78, 5) is 11.4. The van der Waals surface area contributed by atoms with E-state index in [-0.39, 0.29) is 5.60 Å². The standard InChI is InChI=1S/C21H26N2O4/c1-16(24)25-19(11-13-21(5)12-6-7-14-23(21)22)26-17-9-8-10-18(15-17)27-20(2,3)4/h6-10,12,14-15,19H,22H2,1-5H3. The second-order valence-electron chi connectivity index (χ2n) is 7.27. The fourth-order valence-electron chi connectivity index (χ4n) is 2.26. The first kappa shape index (κ1) is 20.4. The third kappa shape index (κ3) is 6.39. The summed E-state index contributed by atoms with van der Waals surface area (Å²) in [6, 6.07) is 7.10. The topological polar surface area (TPSA) is 74.0 Å². The minimum Gasteiger partial charge on any atom is -0.488 e. The maximum Gasteiger partial charge on any atom is 0.308 e. The molecule has 1 aromatic carbocycles. The van der Waals surface area contributed by atoms with Gasteiger partial charge in [-0.3, -0.25) is 9.80 Å². The molecule has 6 heteroatoms. The van der Waals surface area contributed by atoms with Crippen molar-refractivity contribution in [1.82, 2.24) is 5.01 Å². The van der Waals surface area contributed by atoms with E-state index in [1.54, 1.807) is 24.4 Å². The fraction of sp³-hybridized carbons (Fsp3) is 0.381. The molecule has 0 radical (unpaired) electrons. The molecule has 0 aromatic heterocycles. The number of carbonyl (C=O) groups excluding carboxylic acids is 1. The van der Waals surface area contributed by atoms with Crippen molar-refractivity contribution in [1.29, 1.82) is 0 Å². The van der Waals surface area contributed by atoms with Gasteiger partial charge in [0.25, 0.3) is 0 Å². The molecular weight excluding hydrogens is 344 g/mol. The number of hydrazine groups is 1. The second-order valence-corrected chi connectivity index (χ2v) is 7.27. The van der Waals surface area contributed by atoms with E-state index in [2.05, 4.69) is 11.8 Å². The lowest BCUT2D eigenvalue weighted by atomic mass is 10.00. The zero-order valence-corrected chi connectivity index (χ0v) is 16.4. The molecule has 2 atom stereocenters. The first-order valence-corrected chi connectivity index (χ1v) is 8.63. The van der Waals surface area contributed by atoms with E-state index in [4.69, 9.17) is 20.1 Å². The predicted octanol–water partition coefficient (Wildman–Crippen LogP) is 3.15. The number of nitrogens with two attached hydrogens (primary N) is 1. The molecule has 27 heavy (non-hydrogen) atoms. The van der Waals surface area contributed by atoms with Crippen LogP contribution in [0.15, 0.2) is 48.7 Å². The van der Waals surface area contributed by atoms with E-state index in [0.717, 1.165) is 0 Å². The Morgan fingerprint density at radius 1 is 1.26 bits per heavy atom. The Labute approximate surface area is 160 Å². The van der Waals surface area contributed by atoms with Crippen molar-refractivity contribution in [3.8, 4) is 23.3 Å². The molecular formula is C21H26N2O4. The van der Waals surface area contributed by atoms with Crippen LogP contribution >= 0.6 is 0 Å². The smallest absolute Gasteiger partial charge is 0.308 e. The normalized spacial score (nSPS) is 19.7. The number of hydrogen-bond donors (Lipinski definition) is 1. The Morgan fingerprint density at radius 3 is 2.59 bits per heavy atom. The molecule has 0 saturated heterocycles. The molecule has 6 nitrogen and oxygen atoms in total. The highest BCUT2D eigenvalue weighted by molar-refractivity contribution is 5.66. The van der Waals surface area contributed by atoms with Gasteiger partial charge in [-0.2, -0.15) is 0 Å². The molecule has 1 aliphatic rings. The van der Waals surface area contributed by atoms with Crippen LogP contribution in [0.5, 0.6) is 11.5 Å². The van der Waals surface area contributed by atoms with E-state index >= 15 is 0 Å². The summed E-state index contributed by atoms with van der Waals surface area (Å²) in [6.07, 6.45) is 6.15. The van der Waals surface area contributed by atoms with Crippen LogP contribution in [0.1, 0.15) is 34.6 Å². The van der Waals surface area contributed by atoms with E-state index in [9.17, 15) is 4.79 Å². The van der Waals surface area contributed by atoms with Gasteiger partial charge >= 0.3 is 12.3 Å². The maximum atomic E-state index is 11.4. The highest BCUT2D eigenvalue weighted by atomic mass is 16.7. The van der Waals surface area contributed by atoms with E-state index < -0.39 is 17.8 Å². The van der Waals surface area contributed by atoms with Crippen molar-refractivity contribution < 1.29 is 19.0 Å². The third-order valence-corrected chi connectivity index (χ3v) is 3.50. The first-order valence-electron chi connectivity index (χ1n) is 8.63. The molecule has 1 aromatic rings. The molecule has 0 fully saturated rings. The number of ether oxygens (including phenoxy) is 3. The van der Waals surface area contributed by atoms with Gasteiger partial charge < -0.3 is 14.2 Å². The van der Waals surface area contributed by atoms with E-state index in [1.807, 2.05) is 52.0 Å². The van der Waals surface area contributed by atoms with Gasteiger partial charge in [-0.05, 0) is 57.9 Å². The molecule has 0 saturated carbocycles. The van der Waals surface area contributed by atoms with Crippen molar-refractivity contribution in [3.05, 3.63) is 48.7 Å². The third-order valence-electron chi connectivity index (χ3n) is 3.50. The SMILES string of the molecule is CC(=O)OC(C#CC1(C)C=CC=CN1N)Oc1cccc(OC(C)(C)C)c1. The lowest BCUT2D eigenvalue weighted by Gasteiger charge is -2.31. The largest absolute Gasteiger partial charge is 0.488 e. The van der Waals surface area contributed by atoms with Crippen LogP contribution in [0.3, 0.4) is 0 Å². The highest BCUT2D eigenvalue weighted by Crippen LogP contribution is 2.24. The van der Waals surface area contributed by atoms with Crippen LogP contribution in [0.2, 0.25) is 0 Å². The lowest BCUT2D eigenvalue weighted by molar-refractivity contribution is -0.154. The van der Waals surface area contributed by atoms with Gasteiger partial charge in [-0.1, -0.05) is 18.1 Å². The summed E-state index contributed by atoms with van der Waals surface area (Å²) < 4.78 is 16.8. The molecule has 144 valence electrons. The summed E-state index contributed by atoms with van der Waals surface area (Å²) in [5.74, 6) is 12.4. The Kier molecular flexibility index (Phi) is 6.19. The van der Waals surface area contributed by atoms with Gasteiger partial charge in [-0.25, -0.2) is 5.84 Å². The average Bonchev–Trinajstić information content (AvgIpc) is 2.54. The molecule has 1 heterocycles. The van der Waals surface area contributed by atoms with Crippen LogP contribution in [-0.4, -0.2) is 28.4 Å². The molecule has 0 bridgehead atoms. The highest BCUT2D eigenvalue weighted by Gasteiger charge is 2.24. The number of benzene rings is 1. The minimum absolute atomic E-state index is 0.340. The summed E-state index contributed by atoms with van der Waals surface area (Å²) in [7, 11) is 0.